The summed E-state index contributed by atoms with van der Waals surface area (Å²) in [6.07, 6.45) is 8.07. The summed E-state index contributed by atoms with van der Waals surface area (Å²) in [5.41, 5.74) is 13.6. The van der Waals surface area contributed by atoms with E-state index in [0.717, 1.165) is 45.3 Å². The Balaban J connectivity index is 1.45. The van der Waals surface area contributed by atoms with E-state index in [1.165, 1.54) is 27.8 Å². The summed E-state index contributed by atoms with van der Waals surface area (Å²) in [5, 5.41) is 0. The normalized spacial score (nSPS) is 16.6. The number of nitrogens with two attached hydrogens (primary N) is 1. The molecule has 0 bridgehead atoms. The average Bonchev–Trinajstić information content (AvgIpc) is 2.96. The fraction of sp³-hybridized carbons (Fsp3) is 0.500. The molecule has 134 valence electrons. The Morgan fingerprint density at radius 3 is 2.24 bits per heavy atom. The first-order valence-corrected chi connectivity index (χ1v) is 9.42. The van der Waals surface area contributed by atoms with Gasteiger partial charge in [0, 0.05) is 37.6 Å². The smallest absolute Gasteiger partial charge is 0.0270 e. The Bertz CT molecular complexity index is 676. The van der Waals surface area contributed by atoms with Gasteiger partial charge in [-0.15, -0.1) is 0 Å². The number of aryl methyl sites for hydroxylation is 3. The fourth-order valence-electron chi connectivity index (χ4n) is 3.71. The largest absolute Gasteiger partial charge is 0.325 e. The van der Waals surface area contributed by atoms with Crippen LogP contribution in [0.2, 0.25) is 0 Å². The molecule has 1 aromatic carbocycles. The quantitative estimate of drug-likeness (QED) is 0.825. The van der Waals surface area contributed by atoms with Gasteiger partial charge in [-0.25, -0.2) is 0 Å². The highest BCUT2D eigenvalue weighted by molar-refractivity contribution is 5.39. The van der Waals surface area contributed by atoms with E-state index < -0.39 is 0 Å². The van der Waals surface area contributed by atoms with Crippen molar-refractivity contribution in [2.45, 2.75) is 65.1 Å². The van der Waals surface area contributed by atoms with E-state index in [2.05, 4.69) is 54.9 Å². The van der Waals surface area contributed by atoms with E-state index in [0.29, 0.717) is 0 Å². The lowest BCUT2D eigenvalue weighted by atomic mass is 9.91. The van der Waals surface area contributed by atoms with Crippen LogP contribution in [0.5, 0.6) is 0 Å². The minimum atomic E-state index is -0.0896. The van der Waals surface area contributed by atoms with Crippen LogP contribution >= 0.6 is 0 Å². The number of fused-ring (bicyclic) bond motifs is 1. The number of hydrogen-bond donors (Lipinski definition) is 1. The molecular weight excluding hydrogens is 306 g/mol. The molecule has 2 N–H and O–H groups in total. The van der Waals surface area contributed by atoms with Gasteiger partial charge in [0.1, 0.15) is 0 Å². The van der Waals surface area contributed by atoms with E-state index >= 15 is 0 Å². The number of pyridine rings is 1. The van der Waals surface area contributed by atoms with Crippen LogP contribution in [0.15, 0.2) is 36.7 Å². The van der Waals surface area contributed by atoms with Gasteiger partial charge in [0.2, 0.25) is 0 Å². The van der Waals surface area contributed by atoms with Crippen LogP contribution in [0.4, 0.5) is 0 Å². The second-order valence-corrected chi connectivity index (χ2v) is 8.03. The summed E-state index contributed by atoms with van der Waals surface area (Å²) >= 11 is 0. The predicted molar refractivity (Wildman–Crippen MR) is 104 cm³/mol. The van der Waals surface area contributed by atoms with Crippen molar-refractivity contribution in [1.82, 2.24) is 9.88 Å². The molecule has 0 aliphatic carbocycles. The molecule has 1 aliphatic rings. The van der Waals surface area contributed by atoms with Crippen molar-refractivity contribution in [2.24, 2.45) is 5.73 Å². The van der Waals surface area contributed by atoms with Crippen molar-refractivity contribution in [3.8, 4) is 0 Å². The standard InChI is InChI=1S/C22H31N3/c1-17-13-20-15-25(16-21(20)14-18(17)2)12-9-22(3,23)8-4-5-19-6-10-24-11-7-19/h6-7,10-11,13-14H,4-5,8-9,12,15-16,23H2,1-3H3. The monoisotopic (exact) mass is 337 g/mol. The van der Waals surface area contributed by atoms with Crippen LogP contribution in [0, 0.1) is 13.8 Å². The van der Waals surface area contributed by atoms with Gasteiger partial charge >= 0.3 is 0 Å². The highest BCUT2D eigenvalue weighted by Gasteiger charge is 2.23. The van der Waals surface area contributed by atoms with Gasteiger partial charge in [0.15, 0.2) is 0 Å². The van der Waals surface area contributed by atoms with Gasteiger partial charge in [-0.3, -0.25) is 9.88 Å². The van der Waals surface area contributed by atoms with E-state index in [4.69, 9.17) is 5.73 Å². The average molecular weight is 338 g/mol. The summed E-state index contributed by atoms with van der Waals surface area (Å²) in [4.78, 5) is 6.61. The Kier molecular flexibility index (Phi) is 5.55. The molecule has 2 aromatic rings. The number of rotatable bonds is 7. The molecule has 1 aromatic heterocycles. The maximum Gasteiger partial charge on any atom is 0.0270 e. The van der Waals surface area contributed by atoms with Crippen LogP contribution in [-0.2, 0) is 19.5 Å². The minimum Gasteiger partial charge on any atom is -0.325 e. The molecule has 0 spiro atoms. The third kappa shape index (κ3) is 4.90. The van der Waals surface area contributed by atoms with Gasteiger partial charge in [-0.2, -0.15) is 0 Å². The lowest BCUT2D eigenvalue weighted by molar-refractivity contribution is 0.242. The van der Waals surface area contributed by atoms with Crippen molar-refractivity contribution in [2.75, 3.05) is 6.54 Å². The Labute approximate surface area is 152 Å². The fourth-order valence-corrected chi connectivity index (χ4v) is 3.71. The second kappa shape index (κ2) is 7.67. The SMILES string of the molecule is Cc1cc2c(cc1C)CN(CCC(C)(N)CCCc1ccncc1)C2. The molecule has 1 atom stereocenters. The molecule has 0 saturated carbocycles. The Morgan fingerprint density at radius 1 is 1.04 bits per heavy atom. The lowest BCUT2D eigenvalue weighted by Crippen LogP contribution is -2.39. The predicted octanol–water partition coefficient (Wildman–Crippen LogP) is 4.14. The first kappa shape index (κ1) is 18.1. The number of nitrogens with zero attached hydrogens (tertiary/aromatic N) is 2. The summed E-state index contributed by atoms with van der Waals surface area (Å²) in [6, 6.07) is 8.92. The molecule has 25 heavy (non-hydrogen) atoms. The zero-order chi connectivity index (χ0) is 17.9. The first-order chi connectivity index (χ1) is 11.9. The summed E-state index contributed by atoms with van der Waals surface area (Å²) in [5.74, 6) is 0. The molecule has 3 nitrogen and oxygen atoms in total. The Morgan fingerprint density at radius 2 is 1.64 bits per heavy atom. The molecule has 1 unspecified atom stereocenters. The molecule has 0 fully saturated rings. The molecular formula is C22H31N3. The summed E-state index contributed by atoms with van der Waals surface area (Å²) in [7, 11) is 0. The third-order valence-corrected chi connectivity index (χ3v) is 5.57. The van der Waals surface area contributed by atoms with E-state index in [1.54, 1.807) is 0 Å². The topological polar surface area (TPSA) is 42.1 Å². The van der Waals surface area contributed by atoms with Gasteiger partial charge in [-0.05, 0) is 86.4 Å². The van der Waals surface area contributed by atoms with Gasteiger partial charge in [0.05, 0.1) is 0 Å². The maximum absolute atomic E-state index is 6.57. The van der Waals surface area contributed by atoms with Crippen molar-refractivity contribution in [3.05, 3.63) is 64.5 Å². The van der Waals surface area contributed by atoms with Crippen molar-refractivity contribution in [3.63, 3.8) is 0 Å². The minimum absolute atomic E-state index is 0.0896. The van der Waals surface area contributed by atoms with Gasteiger partial charge < -0.3 is 5.73 Å². The molecule has 3 rings (SSSR count). The van der Waals surface area contributed by atoms with Crippen molar-refractivity contribution in [1.29, 1.82) is 0 Å². The van der Waals surface area contributed by atoms with Crippen LogP contribution in [0.3, 0.4) is 0 Å². The van der Waals surface area contributed by atoms with Crippen LogP contribution in [-0.4, -0.2) is 22.0 Å². The van der Waals surface area contributed by atoms with E-state index in [9.17, 15) is 0 Å². The molecule has 1 aliphatic heterocycles. The number of hydrogen-bond acceptors (Lipinski definition) is 3. The lowest BCUT2D eigenvalue weighted by Gasteiger charge is -2.27. The zero-order valence-corrected chi connectivity index (χ0v) is 15.9. The van der Waals surface area contributed by atoms with Crippen LogP contribution < -0.4 is 5.73 Å². The summed E-state index contributed by atoms with van der Waals surface area (Å²) in [6.45, 7) is 9.84. The molecule has 0 radical (unpaired) electrons. The van der Waals surface area contributed by atoms with Gasteiger partial charge in [0.25, 0.3) is 0 Å². The molecule has 3 heteroatoms. The molecule has 0 amide bonds. The molecule has 0 saturated heterocycles. The number of aromatic nitrogens is 1. The highest BCUT2D eigenvalue weighted by Crippen LogP contribution is 2.27. The highest BCUT2D eigenvalue weighted by atomic mass is 15.1. The van der Waals surface area contributed by atoms with E-state index in [-0.39, 0.29) is 5.54 Å². The van der Waals surface area contributed by atoms with Crippen molar-refractivity contribution >= 4 is 0 Å². The zero-order valence-electron chi connectivity index (χ0n) is 15.9. The van der Waals surface area contributed by atoms with Gasteiger partial charge in [-0.1, -0.05) is 12.1 Å². The Hall–Kier alpha value is -1.71. The van der Waals surface area contributed by atoms with Crippen LogP contribution in [0.25, 0.3) is 0 Å². The molecule has 2 heterocycles. The number of benzene rings is 1. The van der Waals surface area contributed by atoms with Crippen LogP contribution in [0.1, 0.15) is 54.0 Å². The second-order valence-electron chi connectivity index (χ2n) is 8.03. The first-order valence-electron chi connectivity index (χ1n) is 9.42. The van der Waals surface area contributed by atoms with E-state index in [1.807, 2.05) is 12.4 Å². The van der Waals surface area contributed by atoms with Crippen molar-refractivity contribution < 1.29 is 0 Å². The summed E-state index contributed by atoms with van der Waals surface area (Å²) < 4.78 is 0. The third-order valence-electron chi connectivity index (χ3n) is 5.57. The maximum atomic E-state index is 6.57.